The van der Waals surface area contributed by atoms with E-state index in [1.54, 1.807) is 12.1 Å². The van der Waals surface area contributed by atoms with Crippen LogP contribution in [-0.4, -0.2) is 18.9 Å². The molecule has 0 saturated carbocycles. The first-order chi connectivity index (χ1) is 11.9. The zero-order valence-electron chi connectivity index (χ0n) is 14.5. The fourth-order valence-electron chi connectivity index (χ4n) is 2.33. The molecule has 2 aromatic carbocycles. The van der Waals surface area contributed by atoms with Gasteiger partial charge in [0.15, 0.2) is 0 Å². The van der Waals surface area contributed by atoms with Crippen LogP contribution in [0.1, 0.15) is 23.1 Å². The van der Waals surface area contributed by atoms with Gasteiger partial charge in [0.25, 0.3) is 0 Å². The van der Waals surface area contributed by atoms with Crippen molar-refractivity contribution in [1.29, 1.82) is 0 Å². The Kier molecular flexibility index (Phi) is 6.42. The van der Waals surface area contributed by atoms with Crippen LogP contribution in [0.4, 0.5) is 5.69 Å². The molecule has 0 aliphatic heterocycles. The molecular weight excluding hydrogens is 340 g/mol. The molecule has 2 rings (SSSR count). The second-order valence-corrected chi connectivity index (χ2v) is 6.14. The van der Waals surface area contributed by atoms with Crippen LogP contribution in [0, 0.1) is 13.8 Å². The molecule has 2 amide bonds. The van der Waals surface area contributed by atoms with E-state index < -0.39 is 5.91 Å². The first kappa shape index (κ1) is 18.8. The van der Waals surface area contributed by atoms with Crippen molar-refractivity contribution in [2.45, 2.75) is 26.8 Å². The number of rotatable bonds is 6. The maximum absolute atomic E-state index is 12.1. The summed E-state index contributed by atoms with van der Waals surface area (Å²) in [5.74, 6) is -0.308. The number of carbonyl (C=O) groups is 2. The predicted octanol–water partition coefficient (Wildman–Crippen LogP) is 3.61. The lowest BCUT2D eigenvalue weighted by Gasteiger charge is -2.12. The summed E-state index contributed by atoms with van der Waals surface area (Å²) < 4.78 is 5.21. The second kappa shape index (κ2) is 8.53. The molecule has 0 fully saturated rings. The van der Waals surface area contributed by atoms with E-state index in [0.29, 0.717) is 23.0 Å². The van der Waals surface area contributed by atoms with Crippen molar-refractivity contribution < 1.29 is 14.3 Å². The number of ether oxygens (including phenoxy) is 1. The molecule has 5 nitrogen and oxygen atoms in total. The van der Waals surface area contributed by atoms with Gasteiger partial charge in [0.1, 0.15) is 12.2 Å². The van der Waals surface area contributed by atoms with Crippen molar-refractivity contribution >= 4 is 29.1 Å². The van der Waals surface area contributed by atoms with Crippen LogP contribution in [0.3, 0.4) is 0 Å². The minimum atomic E-state index is -0.415. The van der Waals surface area contributed by atoms with Crippen LogP contribution < -0.4 is 15.4 Å². The zero-order valence-corrected chi connectivity index (χ0v) is 15.2. The van der Waals surface area contributed by atoms with Crippen molar-refractivity contribution in [3.8, 4) is 5.75 Å². The summed E-state index contributed by atoms with van der Waals surface area (Å²) in [6, 6.07) is 11.1. The quantitative estimate of drug-likeness (QED) is 0.773. The van der Waals surface area contributed by atoms with Crippen molar-refractivity contribution in [3.63, 3.8) is 0 Å². The standard InChI is InChI=1S/C19H21ClN2O3/c1-12-6-4-5-7-14(12)11-21-18(23)10-19(24)22-16-8-13(2)15(20)9-17(16)25-3/h4-9H,10-11H2,1-3H3,(H,21,23)(H,22,24). The molecular formula is C19H21ClN2O3. The monoisotopic (exact) mass is 360 g/mol. The second-order valence-electron chi connectivity index (χ2n) is 5.73. The van der Waals surface area contributed by atoms with Gasteiger partial charge in [0, 0.05) is 17.6 Å². The van der Waals surface area contributed by atoms with Gasteiger partial charge in [-0.15, -0.1) is 0 Å². The molecule has 0 radical (unpaired) electrons. The molecule has 2 aromatic rings. The Morgan fingerprint density at radius 1 is 1.08 bits per heavy atom. The molecule has 2 N–H and O–H groups in total. The summed E-state index contributed by atoms with van der Waals surface area (Å²) in [6.45, 7) is 4.19. The van der Waals surface area contributed by atoms with Gasteiger partial charge < -0.3 is 15.4 Å². The van der Waals surface area contributed by atoms with E-state index >= 15 is 0 Å². The average Bonchev–Trinajstić information content (AvgIpc) is 2.57. The first-order valence-electron chi connectivity index (χ1n) is 7.86. The Bertz CT molecular complexity index is 790. The summed E-state index contributed by atoms with van der Waals surface area (Å²) in [5.41, 5.74) is 3.41. The van der Waals surface area contributed by atoms with E-state index in [1.165, 1.54) is 7.11 Å². The van der Waals surface area contributed by atoms with Crippen molar-refractivity contribution in [2.24, 2.45) is 0 Å². The van der Waals surface area contributed by atoms with Gasteiger partial charge in [0.05, 0.1) is 12.8 Å². The highest BCUT2D eigenvalue weighted by atomic mass is 35.5. The summed E-state index contributed by atoms with van der Waals surface area (Å²) in [7, 11) is 1.49. The number of halogens is 1. The Morgan fingerprint density at radius 3 is 2.48 bits per heavy atom. The number of amides is 2. The number of aryl methyl sites for hydroxylation is 2. The SMILES string of the molecule is COc1cc(Cl)c(C)cc1NC(=O)CC(=O)NCc1ccccc1C. The molecule has 0 aliphatic rings. The molecule has 0 aliphatic carbocycles. The van der Waals surface area contributed by atoms with Gasteiger partial charge in [0.2, 0.25) is 11.8 Å². The molecule has 0 spiro atoms. The van der Waals surface area contributed by atoms with Crippen molar-refractivity contribution in [3.05, 3.63) is 58.1 Å². The Morgan fingerprint density at radius 2 is 1.80 bits per heavy atom. The largest absolute Gasteiger partial charge is 0.495 e. The Hall–Kier alpha value is -2.53. The topological polar surface area (TPSA) is 67.4 Å². The predicted molar refractivity (Wildman–Crippen MR) is 99.0 cm³/mol. The molecule has 132 valence electrons. The van der Waals surface area contributed by atoms with Crippen LogP contribution >= 0.6 is 11.6 Å². The number of anilines is 1. The third-order valence-corrected chi connectivity index (χ3v) is 4.22. The molecule has 0 atom stereocenters. The van der Waals surface area contributed by atoms with E-state index in [4.69, 9.17) is 16.3 Å². The van der Waals surface area contributed by atoms with E-state index in [2.05, 4.69) is 10.6 Å². The van der Waals surface area contributed by atoms with Crippen molar-refractivity contribution in [2.75, 3.05) is 12.4 Å². The number of hydrogen-bond donors (Lipinski definition) is 2. The number of carbonyl (C=O) groups excluding carboxylic acids is 2. The highest BCUT2D eigenvalue weighted by molar-refractivity contribution is 6.31. The van der Waals surface area contributed by atoms with Crippen LogP contribution in [-0.2, 0) is 16.1 Å². The highest BCUT2D eigenvalue weighted by Gasteiger charge is 2.13. The highest BCUT2D eigenvalue weighted by Crippen LogP contribution is 2.30. The summed E-state index contributed by atoms with van der Waals surface area (Å²) in [4.78, 5) is 24.1. The summed E-state index contributed by atoms with van der Waals surface area (Å²) >= 11 is 6.04. The Labute approximate surface area is 152 Å². The fourth-order valence-corrected chi connectivity index (χ4v) is 2.49. The maximum Gasteiger partial charge on any atom is 0.233 e. The molecule has 0 unspecified atom stereocenters. The number of nitrogens with one attached hydrogen (secondary N) is 2. The molecule has 0 heterocycles. The summed E-state index contributed by atoms with van der Waals surface area (Å²) in [5, 5.41) is 5.99. The molecule has 0 aromatic heterocycles. The maximum atomic E-state index is 12.1. The van der Waals surface area contributed by atoms with Crippen molar-refractivity contribution in [1.82, 2.24) is 5.32 Å². The minimum absolute atomic E-state index is 0.267. The summed E-state index contributed by atoms with van der Waals surface area (Å²) in [6.07, 6.45) is -0.267. The first-order valence-corrected chi connectivity index (χ1v) is 8.23. The number of hydrogen-bond acceptors (Lipinski definition) is 3. The van der Waals surface area contributed by atoms with E-state index in [-0.39, 0.29) is 12.3 Å². The van der Waals surface area contributed by atoms with Gasteiger partial charge in [-0.1, -0.05) is 35.9 Å². The van der Waals surface area contributed by atoms with E-state index in [0.717, 1.165) is 16.7 Å². The molecule has 0 bridgehead atoms. The lowest BCUT2D eigenvalue weighted by Crippen LogP contribution is -2.28. The van der Waals surface area contributed by atoms with Crippen LogP contribution in [0.25, 0.3) is 0 Å². The van der Waals surface area contributed by atoms with Crippen LogP contribution in [0.5, 0.6) is 5.75 Å². The lowest BCUT2D eigenvalue weighted by molar-refractivity contribution is -0.126. The third-order valence-electron chi connectivity index (χ3n) is 3.81. The molecule has 25 heavy (non-hydrogen) atoms. The number of benzene rings is 2. The normalized spacial score (nSPS) is 10.2. The zero-order chi connectivity index (χ0) is 18.4. The van der Waals surface area contributed by atoms with Gasteiger partial charge in [-0.25, -0.2) is 0 Å². The molecule has 0 saturated heterocycles. The smallest absolute Gasteiger partial charge is 0.233 e. The van der Waals surface area contributed by atoms with E-state index in [9.17, 15) is 9.59 Å². The number of methoxy groups -OCH3 is 1. The van der Waals surface area contributed by atoms with Gasteiger partial charge in [-0.05, 0) is 36.6 Å². The van der Waals surface area contributed by atoms with Gasteiger partial charge in [-0.2, -0.15) is 0 Å². The van der Waals surface area contributed by atoms with Gasteiger partial charge in [-0.3, -0.25) is 9.59 Å². The average molecular weight is 361 g/mol. The Balaban J connectivity index is 1.93. The lowest BCUT2D eigenvalue weighted by atomic mass is 10.1. The van der Waals surface area contributed by atoms with E-state index in [1.807, 2.05) is 38.1 Å². The van der Waals surface area contributed by atoms with Crippen LogP contribution in [0.2, 0.25) is 5.02 Å². The molecule has 6 heteroatoms. The third kappa shape index (κ3) is 5.22. The van der Waals surface area contributed by atoms with Crippen LogP contribution in [0.15, 0.2) is 36.4 Å². The van der Waals surface area contributed by atoms with Gasteiger partial charge >= 0.3 is 0 Å². The fraction of sp³-hybridized carbons (Fsp3) is 0.263. The minimum Gasteiger partial charge on any atom is -0.495 e.